The van der Waals surface area contributed by atoms with Gasteiger partial charge in [-0.2, -0.15) is 0 Å². The number of nitro benzene ring substituents is 1. The predicted molar refractivity (Wildman–Crippen MR) is 117 cm³/mol. The summed E-state index contributed by atoms with van der Waals surface area (Å²) in [7, 11) is -2.26. The van der Waals surface area contributed by atoms with Crippen molar-refractivity contribution < 1.29 is 22.9 Å². The number of ether oxygens (including phenoxy) is 1. The summed E-state index contributed by atoms with van der Waals surface area (Å²) in [4.78, 5) is 23.4. The molecule has 2 aromatic carbocycles. The van der Waals surface area contributed by atoms with E-state index in [-0.39, 0.29) is 17.4 Å². The average molecular weight is 448 g/mol. The van der Waals surface area contributed by atoms with Crippen molar-refractivity contribution >= 4 is 27.3 Å². The Morgan fingerprint density at radius 3 is 2.68 bits per heavy atom. The molecule has 0 fully saturated rings. The van der Waals surface area contributed by atoms with Gasteiger partial charge in [0.25, 0.3) is 5.69 Å². The third-order valence-electron chi connectivity index (χ3n) is 5.36. The number of fused-ring (bicyclic) bond motifs is 1. The normalized spacial score (nSPS) is 15.6. The summed E-state index contributed by atoms with van der Waals surface area (Å²) >= 11 is 0. The number of benzene rings is 2. The lowest BCUT2D eigenvalue weighted by Crippen LogP contribution is -2.42. The minimum Gasteiger partial charge on any atom is -0.497 e. The number of sulfonamides is 1. The molecule has 166 valence electrons. The number of methoxy groups -OCH3 is 1. The molecule has 9 nitrogen and oxygen atoms in total. The maximum atomic E-state index is 12.8. The van der Waals surface area contributed by atoms with Crippen LogP contribution in [0.25, 0.3) is 0 Å². The molecule has 0 aromatic heterocycles. The topological polar surface area (TPSA) is 119 Å². The molecule has 0 bridgehead atoms. The fourth-order valence-electron chi connectivity index (χ4n) is 3.80. The van der Waals surface area contributed by atoms with E-state index < -0.39 is 27.4 Å². The highest BCUT2D eigenvalue weighted by Crippen LogP contribution is 2.32. The lowest BCUT2D eigenvalue weighted by atomic mass is 9.87. The molecule has 0 radical (unpaired) electrons. The predicted octanol–water partition coefficient (Wildman–Crippen LogP) is 2.87. The third-order valence-corrected chi connectivity index (χ3v) is 6.49. The molecule has 10 heteroatoms. The summed E-state index contributed by atoms with van der Waals surface area (Å²) < 4.78 is 31.0. The maximum absolute atomic E-state index is 12.8. The lowest BCUT2D eigenvalue weighted by molar-refractivity contribution is -0.384. The van der Waals surface area contributed by atoms with E-state index in [9.17, 15) is 23.3 Å². The summed E-state index contributed by atoms with van der Waals surface area (Å²) in [5, 5.41) is 14.1. The molecule has 31 heavy (non-hydrogen) atoms. The molecule has 1 N–H and O–H groups in total. The van der Waals surface area contributed by atoms with Gasteiger partial charge in [-0.05, 0) is 55.0 Å². The molecule has 1 unspecified atom stereocenters. The number of nitrogens with one attached hydrogen (secondary N) is 1. The van der Waals surface area contributed by atoms with E-state index in [0.717, 1.165) is 46.7 Å². The van der Waals surface area contributed by atoms with Gasteiger partial charge in [0.1, 0.15) is 12.3 Å². The number of nitro groups is 1. The van der Waals surface area contributed by atoms with Gasteiger partial charge in [0, 0.05) is 12.1 Å². The van der Waals surface area contributed by atoms with E-state index >= 15 is 0 Å². The maximum Gasteiger partial charge on any atom is 0.271 e. The summed E-state index contributed by atoms with van der Waals surface area (Å²) in [6.45, 7) is 1.17. The molecule has 3 rings (SSSR count). The minimum atomic E-state index is -3.85. The standard InChI is InChI=1S/C21H25N3O6S/c1-14-7-8-16(24(26)27)12-20(14)23(31(3,28)29)13-21(25)22-19-6-4-5-15-11-17(30-2)9-10-18(15)19/h7-12,19H,4-6,13H2,1-3H3,(H,22,25). The van der Waals surface area contributed by atoms with E-state index in [1.807, 2.05) is 18.2 Å². The van der Waals surface area contributed by atoms with Crippen molar-refractivity contribution in [2.24, 2.45) is 0 Å². The van der Waals surface area contributed by atoms with E-state index in [2.05, 4.69) is 5.32 Å². The highest BCUT2D eigenvalue weighted by molar-refractivity contribution is 7.92. The zero-order valence-electron chi connectivity index (χ0n) is 17.6. The number of amides is 1. The molecule has 1 aliphatic rings. The second-order valence-electron chi connectivity index (χ2n) is 7.57. The van der Waals surface area contributed by atoms with E-state index in [0.29, 0.717) is 5.56 Å². The van der Waals surface area contributed by atoms with Crippen LogP contribution < -0.4 is 14.4 Å². The van der Waals surface area contributed by atoms with Gasteiger partial charge in [-0.3, -0.25) is 19.2 Å². The Bertz CT molecular complexity index is 1120. The molecule has 0 saturated carbocycles. The molecule has 1 amide bonds. The van der Waals surface area contributed by atoms with Crippen LogP contribution in [-0.2, 0) is 21.2 Å². The first kappa shape index (κ1) is 22.5. The fourth-order valence-corrected chi connectivity index (χ4v) is 4.70. The molecule has 0 saturated heterocycles. The number of hydrogen-bond donors (Lipinski definition) is 1. The van der Waals surface area contributed by atoms with Crippen LogP contribution >= 0.6 is 0 Å². The van der Waals surface area contributed by atoms with Crippen LogP contribution in [0.1, 0.15) is 35.6 Å². The Hall–Kier alpha value is -3.14. The van der Waals surface area contributed by atoms with E-state index in [4.69, 9.17) is 4.74 Å². The van der Waals surface area contributed by atoms with Crippen LogP contribution in [0.4, 0.5) is 11.4 Å². The summed E-state index contributed by atoms with van der Waals surface area (Å²) in [6.07, 6.45) is 3.46. The number of rotatable bonds is 7. The first-order chi connectivity index (χ1) is 14.6. The van der Waals surface area contributed by atoms with Gasteiger partial charge in [0.15, 0.2) is 0 Å². The first-order valence-electron chi connectivity index (χ1n) is 9.79. The number of carbonyl (C=O) groups excluding carboxylic acids is 1. The summed E-state index contributed by atoms with van der Waals surface area (Å²) in [5.41, 5.74) is 2.45. The van der Waals surface area contributed by atoms with E-state index in [1.165, 1.54) is 18.2 Å². The van der Waals surface area contributed by atoms with Crippen molar-refractivity contribution in [1.82, 2.24) is 5.32 Å². The molecule has 1 atom stereocenters. The number of carbonyl (C=O) groups is 1. The number of anilines is 1. The Kier molecular flexibility index (Phi) is 6.49. The number of nitrogens with zero attached hydrogens (tertiary/aromatic N) is 2. The van der Waals surface area contributed by atoms with Crippen LogP contribution in [0.3, 0.4) is 0 Å². The molecular weight excluding hydrogens is 422 g/mol. The van der Waals surface area contributed by atoms with Gasteiger partial charge in [-0.25, -0.2) is 8.42 Å². The van der Waals surface area contributed by atoms with Crippen LogP contribution in [0.15, 0.2) is 36.4 Å². The largest absolute Gasteiger partial charge is 0.497 e. The minimum absolute atomic E-state index is 0.112. The average Bonchev–Trinajstić information content (AvgIpc) is 2.71. The van der Waals surface area contributed by atoms with Crippen molar-refractivity contribution in [1.29, 1.82) is 0 Å². The quantitative estimate of drug-likeness (QED) is 0.515. The Labute approximate surface area is 181 Å². The van der Waals surface area contributed by atoms with Crippen LogP contribution in [-0.4, -0.2) is 39.2 Å². The monoisotopic (exact) mass is 447 g/mol. The Morgan fingerprint density at radius 2 is 2.03 bits per heavy atom. The van der Waals surface area contributed by atoms with Gasteiger partial charge >= 0.3 is 0 Å². The molecular formula is C21H25N3O6S. The molecule has 0 heterocycles. The SMILES string of the molecule is COc1ccc2c(c1)CCCC2NC(=O)CN(c1cc([N+](=O)[O-])ccc1C)S(C)(=O)=O. The van der Waals surface area contributed by atoms with Crippen molar-refractivity contribution in [2.45, 2.75) is 32.2 Å². The van der Waals surface area contributed by atoms with Gasteiger partial charge < -0.3 is 10.1 Å². The fraction of sp³-hybridized carbons (Fsp3) is 0.381. The Morgan fingerprint density at radius 1 is 1.29 bits per heavy atom. The molecule has 1 aliphatic carbocycles. The van der Waals surface area contributed by atoms with Crippen LogP contribution in [0.5, 0.6) is 5.75 Å². The number of hydrogen-bond acceptors (Lipinski definition) is 6. The Balaban J connectivity index is 1.84. The second-order valence-corrected chi connectivity index (χ2v) is 9.48. The number of aryl methyl sites for hydroxylation is 2. The van der Waals surface area contributed by atoms with Gasteiger partial charge in [0.2, 0.25) is 15.9 Å². The van der Waals surface area contributed by atoms with Crippen molar-refractivity contribution in [3.8, 4) is 5.75 Å². The molecule has 0 aliphatic heterocycles. The zero-order chi connectivity index (χ0) is 22.8. The van der Waals surface area contributed by atoms with Crippen LogP contribution in [0, 0.1) is 17.0 Å². The lowest BCUT2D eigenvalue weighted by Gasteiger charge is -2.29. The van der Waals surface area contributed by atoms with Gasteiger partial charge in [0.05, 0.1) is 30.0 Å². The zero-order valence-corrected chi connectivity index (χ0v) is 18.4. The highest BCUT2D eigenvalue weighted by Gasteiger charge is 2.27. The number of non-ortho nitro benzene ring substituents is 1. The second kappa shape index (κ2) is 8.93. The molecule has 2 aromatic rings. The van der Waals surface area contributed by atoms with Crippen LogP contribution in [0.2, 0.25) is 0 Å². The van der Waals surface area contributed by atoms with Crippen molar-refractivity contribution in [2.75, 3.05) is 24.2 Å². The summed E-state index contributed by atoms with van der Waals surface area (Å²) in [5.74, 6) is 0.264. The van der Waals surface area contributed by atoms with Gasteiger partial charge in [-0.15, -0.1) is 0 Å². The smallest absolute Gasteiger partial charge is 0.271 e. The van der Waals surface area contributed by atoms with E-state index in [1.54, 1.807) is 14.0 Å². The first-order valence-corrected chi connectivity index (χ1v) is 11.6. The van der Waals surface area contributed by atoms with Gasteiger partial charge in [-0.1, -0.05) is 12.1 Å². The molecule has 0 spiro atoms. The highest BCUT2D eigenvalue weighted by atomic mass is 32.2. The van der Waals surface area contributed by atoms with Crippen molar-refractivity contribution in [3.05, 3.63) is 63.2 Å². The summed E-state index contributed by atoms with van der Waals surface area (Å²) in [6, 6.07) is 9.39. The third kappa shape index (κ3) is 5.13. The van der Waals surface area contributed by atoms with Crippen molar-refractivity contribution in [3.63, 3.8) is 0 Å².